The lowest BCUT2D eigenvalue weighted by atomic mass is 10.1. The first-order valence-corrected chi connectivity index (χ1v) is 7.30. The molecule has 0 aliphatic carbocycles. The fourth-order valence-corrected chi connectivity index (χ4v) is 3.21. The van der Waals surface area contributed by atoms with Crippen LogP contribution in [0.3, 0.4) is 0 Å². The molecule has 102 valence electrons. The molecule has 0 aromatic heterocycles. The number of para-hydroxylation sites is 1. The van der Waals surface area contributed by atoms with E-state index in [4.69, 9.17) is 5.73 Å². The van der Waals surface area contributed by atoms with Gasteiger partial charge < -0.3 is 10.6 Å². The predicted molar refractivity (Wildman–Crippen MR) is 85.4 cm³/mol. The number of carbonyl (C=O) groups is 1. The van der Waals surface area contributed by atoms with Gasteiger partial charge >= 0.3 is 0 Å². The second kappa shape index (κ2) is 5.05. The summed E-state index contributed by atoms with van der Waals surface area (Å²) >= 11 is 1.98. The fourth-order valence-electron chi connectivity index (χ4n) is 2.50. The number of nitrogens with zero attached hydrogens (tertiary/aromatic N) is 1. The fraction of sp³-hybridized carbons (Fsp3) is 0.133. The zero-order valence-electron chi connectivity index (χ0n) is 10.6. The number of anilines is 2. The molecule has 3 nitrogen and oxygen atoms in total. The van der Waals surface area contributed by atoms with E-state index in [1.165, 1.54) is 18.2 Å². The van der Waals surface area contributed by atoms with Crippen LogP contribution in [0.5, 0.6) is 0 Å². The van der Waals surface area contributed by atoms with Crippen molar-refractivity contribution < 1.29 is 9.18 Å². The normalized spacial score (nSPS) is 13.4. The Morgan fingerprint density at radius 3 is 2.85 bits per heavy atom. The van der Waals surface area contributed by atoms with Gasteiger partial charge in [-0.25, -0.2) is 4.39 Å². The summed E-state index contributed by atoms with van der Waals surface area (Å²) in [6, 6.07) is 9.86. The van der Waals surface area contributed by atoms with Crippen molar-refractivity contribution in [2.24, 2.45) is 0 Å². The van der Waals surface area contributed by atoms with Gasteiger partial charge in [-0.15, -0.1) is 0 Å². The van der Waals surface area contributed by atoms with Gasteiger partial charge in [0.15, 0.2) is 0 Å². The van der Waals surface area contributed by atoms with Crippen molar-refractivity contribution in [3.8, 4) is 0 Å². The van der Waals surface area contributed by atoms with Gasteiger partial charge in [0.2, 0.25) is 0 Å². The molecule has 0 bridgehead atoms. The molecule has 0 atom stereocenters. The van der Waals surface area contributed by atoms with E-state index < -0.39 is 0 Å². The maximum absolute atomic E-state index is 13.1. The lowest BCUT2D eigenvalue weighted by molar-refractivity contribution is 0.0988. The molecule has 1 aliphatic rings. The highest BCUT2D eigenvalue weighted by atomic mass is 127. The Morgan fingerprint density at radius 2 is 2.10 bits per heavy atom. The second-order valence-corrected chi connectivity index (χ2v) is 5.85. The van der Waals surface area contributed by atoms with Crippen molar-refractivity contribution >= 4 is 39.9 Å². The number of carbonyl (C=O) groups excluding carboxylic acids is 1. The summed E-state index contributed by atoms with van der Waals surface area (Å²) in [7, 11) is 0. The van der Waals surface area contributed by atoms with Crippen molar-refractivity contribution in [3.05, 3.63) is 56.9 Å². The molecule has 0 saturated heterocycles. The molecule has 1 heterocycles. The number of hydrogen-bond donors (Lipinski definition) is 1. The Labute approximate surface area is 129 Å². The molecular weight excluding hydrogens is 370 g/mol. The smallest absolute Gasteiger partial charge is 0.259 e. The molecule has 0 spiro atoms. The predicted octanol–water partition coefficient (Wildman–Crippen LogP) is 3.22. The SMILES string of the molecule is Nc1cccc2c1N(C(=O)c1ccc(F)cc1I)CC2. The molecule has 0 fully saturated rings. The van der Waals surface area contributed by atoms with Crippen LogP contribution in [0.1, 0.15) is 15.9 Å². The van der Waals surface area contributed by atoms with Gasteiger partial charge in [0.25, 0.3) is 5.91 Å². The summed E-state index contributed by atoms with van der Waals surface area (Å²) in [5, 5.41) is 0. The van der Waals surface area contributed by atoms with E-state index >= 15 is 0 Å². The number of amides is 1. The van der Waals surface area contributed by atoms with Crippen LogP contribution >= 0.6 is 22.6 Å². The topological polar surface area (TPSA) is 46.3 Å². The maximum Gasteiger partial charge on any atom is 0.259 e. The van der Waals surface area contributed by atoms with Crippen molar-refractivity contribution in [1.29, 1.82) is 0 Å². The van der Waals surface area contributed by atoms with E-state index in [2.05, 4.69) is 0 Å². The second-order valence-electron chi connectivity index (χ2n) is 4.69. The Morgan fingerprint density at radius 1 is 1.30 bits per heavy atom. The minimum atomic E-state index is -0.340. The van der Waals surface area contributed by atoms with Crippen LogP contribution < -0.4 is 10.6 Å². The quantitative estimate of drug-likeness (QED) is 0.608. The van der Waals surface area contributed by atoms with Gasteiger partial charge in [-0.05, 0) is 58.8 Å². The standard InChI is InChI=1S/C15H12FIN2O/c16-10-4-5-11(12(17)8-10)15(20)19-7-6-9-2-1-3-13(18)14(9)19/h1-5,8H,6-7,18H2. The van der Waals surface area contributed by atoms with E-state index in [-0.39, 0.29) is 11.7 Å². The average molecular weight is 382 g/mol. The van der Waals surface area contributed by atoms with Crippen LogP contribution in [-0.2, 0) is 6.42 Å². The highest BCUT2D eigenvalue weighted by Crippen LogP contribution is 2.35. The molecular formula is C15H12FIN2O. The van der Waals surface area contributed by atoms with Crippen LogP contribution in [0.15, 0.2) is 36.4 Å². The third-order valence-corrected chi connectivity index (χ3v) is 4.32. The van der Waals surface area contributed by atoms with Gasteiger partial charge in [-0.3, -0.25) is 4.79 Å². The highest BCUT2D eigenvalue weighted by Gasteiger charge is 2.28. The van der Waals surface area contributed by atoms with Gasteiger partial charge in [0.1, 0.15) is 5.82 Å². The molecule has 20 heavy (non-hydrogen) atoms. The molecule has 2 aromatic carbocycles. The van der Waals surface area contributed by atoms with Crippen LogP contribution in [-0.4, -0.2) is 12.5 Å². The summed E-state index contributed by atoms with van der Waals surface area (Å²) in [4.78, 5) is 14.3. The lowest BCUT2D eigenvalue weighted by Gasteiger charge is -2.19. The zero-order chi connectivity index (χ0) is 14.3. The monoisotopic (exact) mass is 382 g/mol. The first-order valence-electron chi connectivity index (χ1n) is 6.22. The first kappa shape index (κ1) is 13.4. The highest BCUT2D eigenvalue weighted by molar-refractivity contribution is 14.1. The number of nitrogen functional groups attached to an aromatic ring is 1. The van der Waals surface area contributed by atoms with E-state index in [9.17, 15) is 9.18 Å². The molecule has 0 saturated carbocycles. The Bertz CT molecular complexity index is 702. The minimum absolute atomic E-state index is 0.133. The maximum atomic E-state index is 13.1. The third-order valence-electron chi connectivity index (χ3n) is 3.43. The van der Waals surface area contributed by atoms with Gasteiger partial charge in [-0.2, -0.15) is 0 Å². The summed E-state index contributed by atoms with van der Waals surface area (Å²) < 4.78 is 13.7. The number of halogens is 2. The first-order chi connectivity index (χ1) is 9.58. The lowest BCUT2D eigenvalue weighted by Crippen LogP contribution is -2.30. The molecule has 5 heteroatoms. The molecule has 1 amide bonds. The van der Waals surface area contributed by atoms with Gasteiger partial charge in [0, 0.05) is 10.1 Å². The molecule has 2 N–H and O–H groups in total. The summed E-state index contributed by atoms with van der Waals surface area (Å²) in [5.41, 5.74) is 8.96. The number of fused-ring (bicyclic) bond motifs is 1. The van der Waals surface area contributed by atoms with Crippen molar-refractivity contribution in [2.45, 2.75) is 6.42 Å². The molecule has 0 unspecified atom stereocenters. The summed E-state index contributed by atoms with van der Waals surface area (Å²) in [5.74, 6) is -0.474. The summed E-state index contributed by atoms with van der Waals surface area (Å²) in [6.45, 7) is 0.607. The van der Waals surface area contributed by atoms with Crippen molar-refractivity contribution in [3.63, 3.8) is 0 Å². The van der Waals surface area contributed by atoms with Gasteiger partial charge in [-0.1, -0.05) is 12.1 Å². The van der Waals surface area contributed by atoms with E-state index in [0.29, 0.717) is 21.4 Å². The van der Waals surface area contributed by atoms with E-state index in [1.807, 2.05) is 34.7 Å². The van der Waals surface area contributed by atoms with Crippen LogP contribution in [0.4, 0.5) is 15.8 Å². The Kier molecular flexibility index (Phi) is 3.37. The third kappa shape index (κ3) is 2.15. The number of rotatable bonds is 1. The number of nitrogens with two attached hydrogens (primary N) is 1. The molecule has 1 aliphatic heterocycles. The van der Waals surface area contributed by atoms with E-state index in [1.54, 1.807) is 11.0 Å². The summed E-state index contributed by atoms with van der Waals surface area (Å²) in [6.07, 6.45) is 0.796. The average Bonchev–Trinajstić information content (AvgIpc) is 2.83. The van der Waals surface area contributed by atoms with Crippen molar-refractivity contribution in [2.75, 3.05) is 17.2 Å². The minimum Gasteiger partial charge on any atom is -0.397 e. The largest absolute Gasteiger partial charge is 0.397 e. The Balaban J connectivity index is 2.02. The van der Waals surface area contributed by atoms with Crippen LogP contribution in [0, 0.1) is 9.39 Å². The van der Waals surface area contributed by atoms with Crippen LogP contribution in [0.25, 0.3) is 0 Å². The zero-order valence-corrected chi connectivity index (χ0v) is 12.7. The van der Waals surface area contributed by atoms with Gasteiger partial charge in [0.05, 0.1) is 16.9 Å². The molecule has 3 rings (SSSR count). The van der Waals surface area contributed by atoms with Crippen molar-refractivity contribution in [1.82, 2.24) is 0 Å². The molecule has 2 aromatic rings. The van der Waals surface area contributed by atoms with Crippen LogP contribution in [0.2, 0.25) is 0 Å². The van der Waals surface area contributed by atoms with E-state index in [0.717, 1.165) is 17.7 Å². The number of benzene rings is 2. The number of hydrogen-bond acceptors (Lipinski definition) is 2. The Hall–Kier alpha value is -1.63. The molecule has 0 radical (unpaired) electrons.